The molecule has 3 rings (SSSR count). The highest BCUT2D eigenvalue weighted by atomic mass is 16.5. The normalized spacial score (nSPS) is 13.8. The van der Waals surface area contributed by atoms with E-state index in [1.165, 1.54) is 24.5 Å². The molecule has 1 aliphatic rings. The van der Waals surface area contributed by atoms with E-state index in [1.807, 2.05) is 6.07 Å². The lowest BCUT2D eigenvalue weighted by molar-refractivity contribution is -0.144. The number of aliphatic carboxylic acids is 1. The van der Waals surface area contributed by atoms with E-state index < -0.39 is 12.1 Å². The zero-order chi connectivity index (χ0) is 17.8. The second-order valence-corrected chi connectivity index (χ2v) is 6.30. The second-order valence-electron chi connectivity index (χ2n) is 6.30. The van der Waals surface area contributed by atoms with Gasteiger partial charge >= 0.3 is 5.97 Å². The molecule has 0 saturated heterocycles. The molecule has 1 amide bonds. The summed E-state index contributed by atoms with van der Waals surface area (Å²) in [5.74, 6) is -0.624. The molecule has 0 saturated carbocycles. The van der Waals surface area contributed by atoms with Gasteiger partial charge in [0.15, 0.2) is 6.10 Å². The third kappa shape index (κ3) is 4.38. The van der Waals surface area contributed by atoms with E-state index in [9.17, 15) is 9.59 Å². The molecule has 2 N–H and O–H groups in total. The molecule has 2 aromatic carbocycles. The number of aryl methyl sites for hydroxylation is 2. The number of carboxylic acids is 1. The Hall–Kier alpha value is -2.82. The van der Waals surface area contributed by atoms with E-state index in [-0.39, 0.29) is 12.3 Å². The van der Waals surface area contributed by atoms with E-state index in [1.54, 1.807) is 24.3 Å². The predicted molar refractivity (Wildman–Crippen MR) is 95.0 cm³/mol. The maximum absolute atomic E-state index is 12.2. The smallest absolute Gasteiger partial charge is 0.344 e. The Kier molecular flexibility index (Phi) is 5.03. The third-order valence-corrected chi connectivity index (χ3v) is 4.33. The highest BCUT2D eigenvalue weighted by molar-refractivity contribution is 5.92. The molecule has 5 nitrogen and oxygen atoms in total. The molecule has 0 bridgehead atoms. The number of anilines is 1. The summed E-state index contributed by atoms with van der Waals surface area (Å²) in [5.41, 5.74) is 4.38. The van der Waals surface area contributed by atoms with Crippen molar-refractivity contribution in [3.05, 3.63) is 59.2 Å². The lowest BCUT2D eigenvalue weighted by atomic mass is 10.1. The van der Waals surface area contributed by atoms with Gasteiger partial charge in [-0.2, -0.15) is 0 Å². The first kappa shape index (κ1) is 17.0. The van der Waals surface area contributed by atoms with Crippen molar-refractivity contribution in [3.8, 4) is 5.75 Å². The van der Waals surface area contributed by atoms with Gasteiger partial charge < -0.3 is 15.2 Å². The molecule has 0 heterocycles. The highest BCUT2D eigenvalue weighted by Gasteiger charge is 2.13. The van der Waals surface area contributed by atoms with Crippen LogP contribution >= 0.6 is 0 Å². The Morgan fingerprint density at radius 3 is 2.56 bits per heavy atom. The van der Waals surface area contributed by atoms with Crippen LogP contribution in [0.3, 0.4) is 0 Å². The zero-order valence-corrected chi connectivity index (χ0v) is 14.1. The van der Waals surface area contributed by atoms with Crippen LogP contribution in [-0.4, -0.2) is 23.1 Å². The first-order valence-corrected chi connectivity index (χ1v) is 8.41. The van der Waals surface area contributed by atoms with Gasteiger partial charge in [-0.25, -0.2) is 4.79 Å². The first-order chi connectivity index (χ1) is 12.0. The molecular weight excluding hydrogens is 318 g/mol. The number of ether oxygens (including phenoxy) is 1. The first-order valence-electron chi connectivity index (χ1n) is 8.41. The number of carbonyl (C=O) groups is 2. The number of carbonyl (C=O) groups excluding carboxylic acids is 1. The number of amides is 1. The molecule has 1 aliphatic carbocycles. The maximum Gasteiger partial charge on any atom is 0.344 e. The second kappa shape index (κ2) is 7.38. The molecule has 0 radical (unpaired) electrons. The fourth-order valence-corrected chi connectivity index (χ4v) is 2.98. The maximum atomic E-state index is 12.2. The van der Waals surface area contributed by atoms with Crippen molar-refractivity contribution in [2.24, 2.45) is 0 Å². The van der Waals surface area contributed by atoms with Crippen LogP contribution in [0.4, 0.5) is 5.69 Å². The average Bonchev–Trinajstić information content (AvgIpc) is 3.04. The van der Waals surface area contributed by atoms with E-state index in [4.69, 9.17) is 9.84 Å². The summed E-state index contributed by atoms with van der Waals surface area (Å²) in [4.78, 5) is 23.0. The van der Waals surface area contributed by atoms with E-state index in [0.29, 0.717) is 5.75 Å². The summed E-state index contributed by atoms with van der Waals surface area (Å²) in [7, 11) is 0. The van der Waals surface area contributed by atoms with Crippen molar-refractivity contribution >= 4 is 17.6 Å². The van der Waals surface area contributed by atoms with E-state index in [2.05, 4.69) is 17.4 Å². The van der Waals surface area contributed by atoms with Gasteiger partial charge in [-0.05, 0) is 67.1 Å². The quantitative estimate of drug-likeness (QED) is 0.847. The van der Waals surface area contributed by atoms with Gasteiger partial charge in [0.05, 0.1) is 6.42 Å². The topological polar surface area (TPSA) is 75.6 Å². The Morgan fingerprint density at radius 2 is 1.84 bits per heavy atom. The summed E-state index contributed by atoms with van der Waals surface area (Å²) < 4.78 is 5.27. The molecule has 0 fully saturated rings. The van der Waals surface area contributed by atoms with Crippen LogP contribution in [0, 0.1) is 0 Å². The van der Waals surface area contributed by atoms with Gasteiger partial charge in [0, 0.05) is 5.69 Å². The summed E-state index contributed by atoms with van der Waals surface area (Å²) >= 11 is 0. The lowest BCUT2D eigenvalue weighted by Crippen LogP contribution is -2.22. The number of rotatable bonds is 6. The molecule has 1 atom stereocenters. The van der Waals surface area contributed by atoms with Crippen molar-refractivity contribution in [3.63, 3.8) is 0 Å². The Bertz CT molecular complexity index is 783. The highest BCUT2D eigenvalue weighted by Crippen LogP contribution is 2.25. The van der Waals surface area contributed by atoms with Crippen molar-refractivity contribution < 1.29 is 19.4 Å². The van der Waals surface area contributed by atoms with Crippen LogP contribution in [-0.2, 0) is 28.9 Å². The Balaban J connectivity index is 1.56. The van der Waals surface area contributed by atoms with Gasteiger partial charge in [-0.15, -0.1) is 0 Å². The van der Waals surface area contributed by atoms with Crippen LogP contribution in [0.2, 0.25) is 0 Å². The summed E-state index contributed by atoms with van der Waals surface area (Å²) in [6.45, 7) is 1.47. The van der Waals surface area contributed by atoms with E-state index in [0.717, 1.165) is 24.1 Å². The predicted octanol–water partition coefficient (Wildman–Crippen LogP) is 3.21. The van der Waals surface area contributed by atoms with Crippen molar-refractivity contribution in [2.45, 2.75) is 38.7 Å². The van der Waals surface area contributed by atoms with Gasteiger partial charge in [-0.1, -0.05) is 18.2 Å². The van der Waals surface area contributed by atoms with Gasteiger partial charge in [0.2, 0.25) is 5.91 Å². The van der Waals surface area contributed by atoms with Crippen molar-refractivity contribution in [2.75, 3.05) is 5.32 Å². The summed E-state index contributed by atoms with van der Waals surface area (Å²) in [6.07, 6.45) is 2.73. The van der Waals surface area contributed by atoms with Gasteiger partial charge in [0.1, 0.15) is 5.75 Å². The molecule has 25 heavy (non-hydrogen) atoms. The molecule has 0 unspecified atom stereocenters. The standard InChI is InChI=1S/C20H21NO4/c1-13(20(23)24)25-18-9-5-14(6-10-18)11-19(22)21-17-8-7-15-3-2-4-16(15)12-17/h5-10,12-13H,2-4,11H2,1H3,(H,21,22)(H,23,24)/t13-/m0/s1. The van der Waals surface area contributed by atoms with Crippen molar-refractivity contribution in [1.82, 2.24) is 0 Å². The van der Waals surface area contributed by atoms with Gasteiger partial charge in [-0.3, -0.25) is 4.79 Å². The number of fused-ring (bicyclic) bond motifs is 1. The number of benzene rings is 2. The van der Waals surface area contributed by atoms with Crippen LogP contribution in [0.25, 0.3) is 0 Å². The molecule has 0 spiro atoms. The van der Waals surface area contributed by atoms with Crippen LogP contribution in [0.15, 0.2) is 42.5 Å². The largest absolute Gasteiger partial charge is 0.479 e. The van der Waals surface area contributed by atoms with E-state index >= 15 is 0 Å². The monoisotopic (exact) mass is 339 g/mol. The van der Waals surface area contributed by atoms with Crippen molar-refractivity contribution in [1.29, 1.82) is 0 Å². The SMILES string of the molecule is C[C@H](Oc1ccc(CC(=O)Nc2ccc3c(c2)CCC3)cc1)C(=O)O. The number of hydrogen-bond acceptors (Lipinski definition) is 3. The molecule has 5 heteroatoms. The number of hydrogen-bond donors (Lipinski definition) is 2. The minimum atomic E-state index is -1.02. The number of nitrogens with one attached hydrogen (secondary N) is 1. The molecule has 0 aliphatic heterocycles. The fraction of sp³-hybridized carbons (Fsp3) is 0.300. The Morgan fingerprint density at radius 1 is 1.12 bits per heavy atom. The third-order valence-electron chi connectivity index (χ3n) is 4.33. The molecule has 2 aromatic rings. The molecule has 0 aromatic heterocycles. The fourth-order valence-electron chi connectivity index (χ4n) is 2.98. The average molecular weight is 339 g/mol. The van der Waals surface area contributed by atoms with Crippen LogP contribution in [0.5, 0.6) is 5.75 Å². The Labute approximate surface area is 146 Å². The zero-order valence-electron chi connectivity index (χ0n) is 14.1. The minimum absolute atomic E-state index is 0.0782. The lowest BCUT2D eigenvalue weighted by Gasteiger charge is -2.11. The van der Waals surface area contributed by atoms with Crippen LogP contribution in [0.1, 0.15) is 30.0 Å². The van der Waals surface area contributed by atoms with Gasteiger partial charge in [0.25, 0.3) is 0 Å². The van der Waals surface area contributed by atoms with Crippen LogP contribution < -0.4 is 10.1 Å². The molecule has 130 valence electrons. The summed E-state index contributed by atoms with van der Waals surface area (Å²) in [5, 5.41) is 11.8. The number of carboxylic acid groups (broad SMARTS) is 1. The summed E-state index contributed by atoms with van der Waals surface area (Å²) in [6, 6.07) is 13.0. The minimum Gasteiger partial charge on any atom is -0.479 e. The molecular formula is C20H21NO4.